The number of aromatic amines is 1. The molecule has 1 aliphatic rings. The van der Waals surface area contributed by atoms with Crippen molar-refractivity contribution in [2.24, 2.45) is 5.92 Å². The summed E-state index contributed by atoms with van der Waals surface area (Å²) < 4.78 is 1.24. The van der Waals surface area contributed by atoms with E-state index in [1.807, 2.05) is 0 Å². The fourth-order valence-corrected chi connectivity index (χ4v) is 3.86. The Labute approximate surface area is 184 Å². The molecule has 4 N–H and O–H groups in total. The quantitative estimate of drug-likeness (QED) is 0.469. The fourth-order valence-electron chi connectivity index (χ4n) is 3.73. The van der Waals surface area contributed by atoms with E-state index in [4.69, 9.17) is 11.6 Å². The number of hydrogen-bond donors (Lipinski definition) is 4. The van der Waals surface area contributed by atoms with Gasteiger partial charge in [-0.25, -0.2) is 4.79 Å². The smallest absolute Gasteiger partial charge is 0.349 e. The molecule has 162 valence electrons. The minimum atomic E-state index is -0.384. The van der Waals surface area contributed by atoms with Crippen molar-refractivity contribution < 1.29 is 9.90 Å². The van der Waals surface area contributed by atoms with Crippen LogP contribution in [0.25, 0.3) is 5.69 Å². The van der Waals surface area contributed by atoms with E-state index in [0.29, 0.717) is 28.5 Å². The largest absolute Gasteiger partial charge is 0.393 e. The van der Waals surface area contributed by atoms with Crippen LogP contribution in [0.15, 0.2) is 53.3 Å². The number of carbonyl (C=O) groups excluding carboxylic acids is 1. The van der Waals surface area contributed by atoms with Crippen LogP contribution < -0.4 is 16.3 Å². The lowest BCUT2D eigenvalue weighted by Crippen LogP contribution is -2.36. The standard InChI is InChI=1S/C22H24ClN5O3/c23-16-7-11-18(12-8-16)28-22(31)26-21(27-28)25-17-9-5-14(6-10-17)20(30)24-13-15-3-1-2-4-19(15)29/h5-12,15,19,29H,1-4,13H2,(H,24,30)(H2,25,26,27,31)/t15-,19+/m0/s1. The van der Waals surface area contributed by atoms with E-state index in [1.54, 1.807) is 48.5 Å². The molecule has 9 heteroatoms. The Morgan fingerprint density at radius 2 is 1.84 bits per heavy atom. The molecule has 1 fully saturated rings. The zero-order chi connectivity index (χ0) is 21.8. The Hall–Kier alpha value is -3.10. The summed E-state index contributed by atoms with van der Waals surface area (Å²) in [5.41, 5.74) is 1.41. The summed E-state index contributed by atoms with van der Waals surface area (Å²) in [6.07, 6.45) is 3.54. The highest BCUT2D eigenvalue weighted by Gasteiger charge is 2.23. The Kier molecular flexibility index (Phi) is 6.39. The normalized spacial score (nSPS) is 18.5. The third kappa shape index (κ3) is 5.15. The summed E-state index contributed by atoms with van der Waals surface area (Å²) in [4.78, 5) is 27.2. The first-order valence-electron chi connectivity index (χ1n) is 10.3. The van der Waals surface area contributed by atoms with E-state index in [2.05, 4.69) is 20.7 Å². The van der Waals surface area contributed by atoms with E-state index in [-0.39, 0.29) is 29.6 Å². The summed E-state index contributed by atoms with van der Waals surface area (Å²) in [6, 6.07) is 13.6. The number of nitrogens with one attached hydrogen (secondary N) is 3. The van der Waals surface area contributed by atoms with Gasteiger partial charge in [-0.05, 0) is 61.4 Å². The number of halogens is 1. The first kappa shape index (κ1) is 21.1. The van der Waals surface area contributed by atoms with E-state index in [0.717, 1.165) is 25.7 Å². The number of amides is 1. The first-order chi connectivity index (χ1) is 15.0. The molecule has 0 radical (unpaired) electrons. The Morgan fingerprint density at radius 1 is 1.13 bits per heavy atom. The number of anilines is 2. The van der Waals surface area contributed by atoms with Crippen molar-refractivity contribution in [2.45, 2.75) is 31.8 Å². The predicted octanol–water partition coefficient (Wildman–Crippen LogP) is 3.24. The molecule has 2 aromatic carbocycles. The zero-order valence-corrected chi connectivity index (χ0v) is 17.6. The molecule has 0 unspecified atom stereocenters. The lowest BCUT2D eigenvalue weighted by molar-refractivity contribution is 0.0663. The summed E-state index contributed by atoms with van der Waals surface area (Å²) in [6.45, 7) is 0.476. The monoisotopic (exact) mass is 441 g/mol. The number of aliphatic hydroxyl groups excluding tert-OH is 1. The van der Waals surface area contributed by atoms with Crippen LogP contribution in [0.2, 0.25) is 5.02 Å². The van der Waals surface area contributed by atoms with Crippen LogP contribution in [0, 0.1) is 5.92 Å². The second kappa shape index (κ2) is 9.36. The predicted molar refractivity (Wildman–Crippen MR) is 119 cm³/mol. The molecular weight excluding hydrogens is 418 g/mol. The number of nitrogens with zero attached hydrogens (tertiary/aromatic N) is 2. The number of benzene rings is 2. The van der Waals surface area contributed by atoms with Gasteiger partial charge in [0.2, 0.25) is 5.95 Å². The van der Waals surface area contributed by atoms with E-state index in [1.165, 1.54) is 4.68 Å². The molecule has 0 aliphatic heterocycles. The molecule has 1 heterocycles. The molecule has 1 amide bonds. The van der Waals surface area contributed by atoms with Gasteiger partial charge < -0.3 is 15.7 Å². The third-order valence-corrected chi connectivity index (χ3v) is 5.74. The van der Waals surface area contributed by atoms with Gasteiger partial charge in [-0.1, -0.05) is 24.4 Å². The molecule has 1 saturated carbocycles. The molecule has 3 aromatic rings. The van der Waals surface area contributed by atoms with Gasteiger partial charge in [0, 0.05) is 28.7 Å². The number of aromatic nitrogens is 3. The van der Waals surface area contributed by atoms with Crippen molar-refractivity contribution in [1.29, 1.82) is 0 Å². The third-order valence-electron chi connectivity index (χ3n) is 5.49. The average molecular weight is 442 g/mol. The second-order valence-electron chi connectivity index (χ2n) is 7.69. The number of aliphatic hydroxyl groups is 1. The second-order valence-corrected chi connectivity index (χ2v) is 8.13. The maximum Gasteiger partial charge on any atom is 0.349 e. The van der Waals surface area contributed by atoms with E-state index < -0.39 is 0 Å². The maximum atomic E-state index is 12.4. The Bertz CT molecular complexity index is 1090. The van der Waals surface area contributed by atoms with Crippen LogP contribution in [0.3, 0.4) is 0 Å². The molecule has 1 aromatic heterocycles. The van der Waals surface area contributed by atoms with Gasteiger partial charge in [0.05, 0.1) is 11.8 Å². The molecule has 31 heavy (non-hydrogen) atoms. The number of carbonyl (C=O) groups is 1. The van der Waals surface area contributed by atoms with Gasteiger partial charge in [0.15, 0.2) is 0 Å². The van der Waals surface area contributed by atoms with Crippen LogP contribution in [-0.4, -0.2) is 38.4 Å². The SMILES string of the molecule is O=C(NC[C@@H]1CCCC[C@H]1O)c1ccc(Nc2nn(-c3ccc(Cl)cc3)c(=O)[nH]2)cc1. The molecule has 8 nitrogen and oxygen atoms in total. The highest BCUT2D eigenvalue weighted by Crippen LogP contribution is 2.23. The first-order valence-corrected chi connectivity index (χ1v) is 10.7. The topological polar surface area (TPSA) is 112 Å². The summed E-state index contributed by atoms with van der Waals surface area (Å²) in [5, 5.41) is 20.8. The van der Waals surface area contributed by atoms with Crippen LogP contribution in [0.4, 0.5) is 11.6 Å². The van der Waals surface area contributed by atoms with Crippen molar-refractivity contribution in [2.75, 3.05) is 11.9 Å². The number of hydrogen-bond acceptors (Lipinski definition) is 5. The van der Waals surface area contributed by atoms with E-state index in [9.17, 15) is 14.7 Å². The van der Waals surface area contributed by atoms with Gasteiger partial charge >= 0.3 is 5.69 Å². The highest BCUT2D eigenvalue weighted by atomic mass is 35.5. The number of rotatable bonds is 6. The van der Waals surface area contributed by atoms with Crippen molar-refractivity contribution in [3.63, 3.8) is 0 Å². The fraction of sp³-hybridized carbons (Fsp3) is 0.318. The van der Waals surface area contributed by atoms with Crippen molar-refractivity contribution >= 4 is 29.1 Å². The summed E-state index contributed by atoms with van der Waals surface area (Å²) >= 11 is 5.88. The van der Waals surface area contributed by atoms with Crippen LogP contribution in [0.1, 0.15) is 36.0 Å². The molecule has 0 saturated heterocycles. The van der Waals surface area contributed by atoms with E-state index >= 15 is 0 Å². The molecule has 2 atom stereocenters. The average Bonchev–Trinajstić information content (AvgIpc) is 3.14. The summed E-state index contributed by atoms with van der Waals surface area (Å²) in [7, 11) is 0. The zero-order valence-electron chi connectivity index (χ0n) is 16.8. The lowest BCUT2D eigenvalue weighted by Gasteiger charge is -2.27. The van der Waals surface area contributed by atoms with Gasteiger partial charge in [0.25, 0.3) is 5.91 Å². The minimum Gasteiger partial charge on any atom is -0.393 e. The van der Waals surface area contributed by atoms with Crippen LogP contribution >= 0.6 is 11.6 Å². The van der Waals surface area contributed by atoms with Gasteiger partial charge in [0.1, 0.15) is 0 Å². The summed E-state index contributed by atoms with van der Waals surface area (Å²) in [5.74, 6) is 0.222. The molecule has 0 spiro atoms. The molecular formula is C22H24ClN5O3. The maximum absolute atomic E-state index is 12.4. The Morgan fingerprint density at radius 3 is 2.55 bits per heavy atom. The molecule has 4 rings (SSSR count). The van der Waals surface area contributed by atoms with Crippen LogP contribution in [-0.2, 0) is 0 Å². The van der Waals surface area contributed by atoms with Crippen molar-refractivity contribution in [3.8, 4) is 5.69 Å². The van der Waals surface area contributed by atoms with Crippen LogP contribution in [0.5, 0.6) is 0 Å². The van der Waals surface area contributed by atoms with Gasteiger partial charge in [-0.2, -0.15) is 4.68 Å². The van der Waals surface area contributed by atoms with Gasteiger partial charge in [-0.3, -0.25) is 9.78 Å². The molecule has 0 bridgehead atoms. The molecule has 1 aliphatic carbocycles. The lowest BCUT2D eigenvalue weighted by atomic mass is 9.86. The van der Waals surface area contributed by atoms with Gasteiger partial charge in [-0.15, -0.1) is 5.10 Å². The highest BCUT2D eigenvalue weighted by molar-refractivity contribution is 6.30. The number of H-pyrrole nitrogens is 1. The Balaban J connectivity index is 1.37. The van der Waals surface area contributed by atoms with Crippen molar-refractivity contribution in [3.05, 3.63) is 69.6 Å². The minimum absolute atomic E-state index is 0.117. The van der Waals surface area contributed by atoms with Crippen molar-refractivity contribution in [1.82, 2.24) is 20.1 Å².